The number of carbonyl (C=O) groups excluding carboxylic acids is 2. The molecule has 3 aliphatic rings. The highest BCUT2D eigenvalue weighted by molar-refractivity contribution is 6.07. The zero-order chi connectivity index (χ0) is 23.4. The van der Waals surface area contributed by atoms with Crippen molar-refractivity contribution in [2.45, 2.75) is 57.9 Å². The molecule has 0 N–H and O–H groups in total. The number of nitrogens with zero attached hydrogens (tertiary/aromatic N) is 2. The highest BCUT2D eigenvalue weighted by Crippen LogP contribution is 2.50. The smallest absolute Gasteiger partial charge is 0.161 e. The number of aromatic nitrogens is 1. The van der Waals surface area contributed by atoms with Gasteiger partial charge in [-0.3, -0.25) is 9.59 Å². The van der Waals surface area contributed by atoms with Gasteiger partial charge in [-0.15, -0.1) is 0 Å². The summed E-state index contributed by atoms with van der Waals surface area (Å²) in [5.74, 6) is 0.155. The quantitative estimate of drug-likeness (QED) is 0.488. The van der Waals surface area contributed by atoms with Crippen LogP contribution in [0.4, 0.5) is 0 Å². The predicted molar refractivity (Wildman–Crippen MR) is 134 cm³/mol. The van der Waals surface area contributed by atoms with E-state index in [1.54, 1.807) is 0 Å². The van der Waals surface area contributed by atoms with E-state index in [1.807, 2.05) is 0 Å². The zero-order valence-corrected chi connectivity index (χ0v) is 19.9. The molecule has 2 aromatic carbocycles. The van der Waals surface area contributed by atoms with Gasteiger partial charge in [0, 0.05) is 72.0 Å². The SMILES string of the molecule is Cc1ccc(Cn2cc(C3C4=C(CCCC4=O)N(C)C4=C3C(=O)CCC4)c3ccccc32)cc1. The summed E-state index contributed by atoms with van der Waals surface area (Å²) in [6.07, 6.45) is 6.94. The maximum Gasteiger partial charge on any atom is 0.161 e. The van der Waals surface area contributed by atoms with Gasteiger partial charge in [-0.05, 0) is 49.8 Å². The largest absolute Gasteiger partial charge is 0.351 e. The fraction of sp³-hybridized carbons (Fsp3) is 0.333. The summed E-state index contributed by atoms with van der Waals surface area (Å²) >= 11 is 0. The van der Waals surface area contributed by atoms with E-state index in [1.165, 1.54) is 11.1 Å². The molecule has 0 unspecified atom stereocenters. The van der Waals surface area contributed by atoms with Gasteiger partial charge in [-0.2, -0.15) is 0 Å². The number of benzene rings is 2. The Kier molecular flexibility index (Phi) is 5.05. The van der Waals surface area contributed by atoms with Crippen LogP contribution in [0.2, 0.25) is 0 Å². The lowest BCUT2D eigenvalue weighted by molar-refractivity contribution is -0.117. The van der Waals surface area contributed by atoms with Crippen molar-refractivity contribution in [3.63, 3.8) is 0 Å². The predicted octanol–water partition coefficient (Wildman–Crippen LogP) is 6.04. The van der Waals surface area contributed by atoms with E-state index in [4.69, 9.17) is 0 Å². The molecule has 0 spiro atoms. The van der Waals surface area contributed by atoms with E-state index in [0.717, 1.165) is 71.2 Å². The van der Waals surface area contributed by atoms with Gasteiger partial charge in [0.2, 0.25) is 0 Å². The molecule has 4 heteroatoms. The molecule has 3 aromatic rings. The Morgan fingerprint density at radius 2 is 1.44 bits per heavy atom. The summed E-state index contributed by atoms with van der Waals surface area (Å²) < 4.78 is 2.29. The van der Waals surface area contributed by atoms with E-state index in [-0.39, 0.29) is 17.5 Å². The van der Waals surface area contributed by atoms with E-state index in [9.17, 15) is 9.59 Å². The third-order valence-electron chi connectivity index (χ3n) is 7.85. The van der Waals surface area contributed by atoms with Crippen LogP contribution in [0.1, 0.15) is 61.1 Å². The molecule has 0 bridgehead atoms. The maximum atomic E-state index is 13.4. The Bertz CT molecular complexity index is 1340. The molecule has 0 fully saturated rings. The van der Waals surface area contributed by atoms with Crippen LogP contribution in [0.15, 0.2) is 77.3 Å². The first-order valence-corrected chi connectivity index (χ1v) is 12.4. The van der Waals surface area contributed by atoms with Crippen molar-refractivity contribution >= 4 is 22.5 Å². The summed E-state index contributed by atoms with van der Waals surface area (Å²) in [5.41, 5.74) is 8.72. The summed E-state index contributed by atoms with van der Waals surface area (Å²) in [7, 11) is 2.05. The van der Waals surface area contributed by atoms with Crippen molar-refractivity contribution in [1.82, 2.24) is 9.47 Å². The Hall–Kier alpha value is -3.40. The van der Waals surface area contributed by atoms with Crippen LogP contribution in [0.25, 0.3) is 10.9 Å². The minimum absolute atomic E-state index is 0.207. The van der Waals surface area contributed by atoms with Crippen LogP contribution in [0.5, 0.6) is 0 Å². The molecule has 0 saturated carbocycles. The molecule has 6 rings (SSSR count). The first-order chi connectivity index (χ1) is 16.5. The van der Waals surface area contributed by atoms with Gasteiger partial charge in [0.15, 0.2) is 11.6 Å². The monoisotopic (exact) mass is 450 g/mol. The number of carbonyl (C=O) groups is 2. The third kappa shape index (κ3) is 3.27. The summed E-state index contributed by atoms with van der Waals surface area (Å²) in [5, 5.41) is 1.14. The molecule has 1 aromatic heterocycles. The molecular formula is C30H30N2O2. The van der Waals surface area contributed by atoms with Crippen molar-refractivity contribution in [2.24, 2.45) is 0 Å². The zero-order valence-electron chi connectivity index (χ0n) is 19.9. The number of hydrogen-bond donors (Lipinski definition) is 0. The van der Waals surface area contributed by atoms with Crippen LogP contribution in [0.3, 0.4) is 0 Å². The Morgan fingerprint density at radius 3 is 2.09 bits per heavy atom. The molecular weight excluding hydrogens is 420 g/mol. The van der Waals surface area contributed by atoms with E-state index < -0.39 is 0 Å². The molecule has 4 nitrogen and oxygen atoms in total. The number of para-hydroxylation sites is 1. The standard InChI is InChI=1S/C30H30N2O2/c1-19-13-15-20(16-14-19)17-32-18-22(21-7-3-4-8-23(21)32)28-29-24(9-5-11-26(29)33)31(2)25-10-6-12-27(34)30(25)28/h3-4,7-8,13-16,18,28H,5-6,9-12,17H2,1-2H3. The van der Waals surface area contributed by atoms with Crippen molar-refractivity contribution in [3.8, 4) is 0 Å². The normalized spacial score (nSPS) is 19.2. The number of rotatable bonds is 3. The van der Waals surface area contributed by atoms with Crippen molar-refractivity contribution in [2.75, 3.05) is 7.05 Å². The van der Waals surface area contributed by atoms with Gasteiger partial charge in [-0.25, -0.2) is 0 Å². The molecule has 2 aliphatic carbocycles. The lowest BCUT2D eigenvalue weighted by Crippen LogP contribution is -2.37. The second-order valence-corrected chi connectivity index (χ2v) is 9.98. The van der Waals surface area contributed by atoms with Crippen LogP contribution in [-0.2, 0) is 16.1 Å². The number of Topliss-reactive ketones (excluding diaryl/α,β-unsaturated/α-hetero) is 2. The molecule has 0 saturated heterocycles. The molecule has 0 radical (unpaired) electrons. The lowest BCUT2D eigenvalue weighted by Gasteiger charge is -2.42. The van der Waals surface area contributed by atoms with Gasteiger partial charge < -0.3 is 9.47 Å². The van der Waals surface area contributed by atoms with Crippen molar-refractivity contribution in [3.05, 3.63) is 94.0 Å². The molecule has 2 heterocycles. The topological polar surface area (TPSA) is 42.3 Å². The van der Waals surface area contributed by atoms with Gasteiger partial charge in [0.05, 0.1) is 0 Å². The highest BCUT2D eigenvalue weighted by Gasteiger charge is 2.43. The molecule has 172 valence electrons. The summed E-state index contributed by atoms with van der Waals surface area (Å²) in [6.45, 7) is 2.86. The number of fused-ring (bicyclic) bond motifs is 1. The van der Waals surface area contributed by atoms with E-state index >= 15 is 0 Å². The summed E-state index contributed by atoms with van der Waals surface area (Å²) in [6, 6.07) is 17.1. The fourth-order valence-corrected chi connectivity index (χ4v) is 6.19. The molecule has 34 heavy (non-hydrogen) atoms. The van der Waals surface area contributed by atoms with Crippen LogP contribution in [0, 0.1) is 6.92 Å². The number of allylic oxidation sites excluding steroid dienone is 4. The van der Waals surface area contributed by atoms with Crippen LogP contribution < -0.4 is 0 Å². The number of aryl methyl sites for hydroxylation is 1. The van der Waals surface area contributed by atoms with Gasteiger partial charge in [0.1, 0.15) is 0 Å². The average Bonchev–Trinajstić information content (AvgIpc) is 3.20. The average molecular weight is 451 g/mol. The van der Waals surface area contributed by atoms with Gasteiger partial charge in [0.25, 0.3) is 0 Å². The van der Waals surface area contributed by atoms with E-state index in [2.05, 4.69) is 78.2 Å². The first kappa shape index (κ1) is 21.2. The number of ketones is 2. The fourth-order valence-electron chi connectivity index (χ4n) is 6.19. The Morgan fingerprint density at radius 1 is 0.824 bits per heavy atom. The van der Waals surface area contributed by atoms with Gasteiger partial charge >= 0.3 is 0 Å². The lowest BCUT2D eigenvalue weighted by atomic mass is 9.71. The second kappa shape index (κ2) is 8.12. The molecule has 1 aliphatic heterocycles. The van der Waals surface area contributed by atoms with Crippen molar-refractivity contribution < 1.29 is 9.59 Å². The molecule has 0 atom stereocenters. The Labute approximate surface area is 200 Å². The Balaban J connectivity index is 1.56. The maximum absolute atomic E-state index is 13.4. The van der Waals surface area contributed by atoms with E-state index in [0.29, 0.717) is 12.8 Å². The van der Waals surface area contributed by atoms with Gasteiger partial charge in [-0.1, -0.05) is 48.0 Å². The minimum Gasteiger partial charge on any atom is -0.351 e. The minimum atomic E-state index is -0.258. The highest BCUT2D eigenvalue weighted by atomic mass is 16.1. The number of hydrogen-bond acceptors (Lipinski definition) is 3. The summed E-state index contributed by atoms with van der Waals surface area (Å²) in [4.78, 5) is 28.9. The second-order valence-electron chi connectivity index (χ2n) is 9.98. The first-order valence-electron chi connectivity index (χ1n) is 12.4. The molecule has 0 amide bonds. The van der Waals surface area contributed by atoms with Crippen LogP contribution in [-0.4, -0.2) is 28.1 Å². The van der Waals surface area contributed by atoms with Crippen LogP contribution >= 0.6 is 0 Å². The van der Waals surface area contributed by atoms with Crippen molar-refractivity contribution in [1.29, 1.82) is 0 Å². The third-order valence-corrected chi connectivity index (χ3v) is 7.85.